The molecule has 218 valence electrons. The third kappa shape index (κ3) is 4.78. The number of benzene rings is 4. The lowest BCUT2D eigenvalue weighted by Crippen LogP contribution is -2.02. The molecule has 0 aliphatic rings. The van der Waals surface area contributed by atoms with E-state index in [9.17, 15) is 0 Å². The molecule has 0 aliphatic heterocycles. The van der Waals surface area contributed by atoms with E-state index in [-0.39, 0.29) is 0 Å². The normalized spacial score (nSPS) is 11.4. The van der Waals surface area contributed by atoms with E-state index in [4.69, 9.17) is 19.6 Å². The molecule has 0 atom stereocenters. The van der Waals surface area contributed by atoms with Gasteiger partial charge in [0.1, 0.15) is 23.1 Å². The van der Waals surface area contributed by atoms with E-state index in [0.717, 1.165) is 74.7 Å². The van der Waals surface area contributed by atoms with E-state index in [1.807, 2.05) is 36.5 Å². The average Bonchev–Trinajstić information content (AvgIpc) is 3.60. The van der Waals surface area contributed by atoms with Gasteiger partial charge in [-0.1, -0.05) is 50.2 Å². The summed E-state index contributed by atoms with van der Waals surface area (Å²) in [7, 11) is 1.70. The first-order chi connectivity index (χ1) is 21.6. The average molecular weight is 579 g/mol. The summed E-state index contributed by atoms with van der Waals surface area (Å²) >= 11 is 0. The molecule has 44 heavy (non-hydrogen) atoms. The van der Waals surface area contributed by atoms with E-state index in [1.54, 1.807) is 7.11 Å². The van der Waals surface area contributed by atoms with Gasteiger partial charge in [0.25, 0.3) is 0 Å². The number of aryl methyl sites for hydroxylation is 2. The maximum absolute atomic E-state index is 6.53. The molecule has 0 radical (unpaired) electrons. The molecule has 0 spiro atoms. The highest BCUT2D eigenvalue weighted by atomic mass is 16.5. The minimum Gasteiger partial charge on any atom is -0.497 e. The van der Waals surface area contributed by atoms with Crippen LogP contribution in [0.4, 0.5) is 0 Å². The highest BCUT2D eigenvalue weighted by molar-refractivity contribution is 6.10. The first-order valence-corrected chi connectivity index (χ1v) is 15.1. The number of pyridine rings is 1. The fourth-order valence-corrected chi connectivity index (χ4v) is 6.10. The van der Waals surface area contributed by atoms with Crippen molar-refractivity contribution in [2.24, 2.45) is 0 Å². The van der Waals surface area contributed by atoms with Crippen molar-refractivity contribution in [2.45, 2.75) is 33.6 Å². The standard InChI is InChI=1S/C38H34N4O2/c1-5-33-38(26-11-8-7-9-12-26)34(6-2)42(40-33)27-13-10-14-29(22-27)44-30-15-17-31-32-23-28(43-4)16-18-35(32)41(36(31)24-30)37-21-25(3)19-20-39-37/h7-24H,5-6H2,1-4H3. The van der Waals surface area contributed by atoms with Gasteiger partial charge in [-0.15, -0.1) is 0 Å². The van der Waals surface area contributed by atoms with E-state index in [0.29, 0.717) is 0 Å². The minimum absolute atomic E-state index is 0.744. The van der Waals surface area contributed by atoms with Crippen LogP contribution in [0.3, 0.4) is 0 Å². The number of rotatable bonds is 8. The van der Waals surface area contributed by atoms with Crippen LogP contribution in [-0.4, -0.2) is 26.4 Å². The van der Waals surface area contributed by atoms with Gasteiger partial charge < -0.3 is 9.47 Å². The van der Waals surface area contributed by atoms with E-state index < -0.39 is 0 Å². The van der Waals surface area contributed by atoms with Crippen molar-refractivity contribution >= 4 is 21.8 Å². The van der Waals surface area contributed by atoms with Crippen molar-refractivity contribution in [1.29, 1.82) is 0 Å². The van der Waals surface area contributed by atoms with Crippen LogP contribution in [0.15, 0.2) is 109 Å². The molecule has 0 aliphatic carbocycles. The molecule has 3 heterocycles. The summed E-state index contributed by atoms with van der Waals surface area (Å²) in [4.78, 5) is 4.72. The highest BCUT2D eigenvalue weighted by Gasteiger charge is 2.19. The molecule has 7 aromatic rings. The summed E-state index contributed by atoms with van der Waals surface area (Å²) in [5, 5.41) is 7.27. The molecular weight excluding hydrogens is 544 g/mol. The number of aromatic nitrogens is 4. The number of methoxy groups -OCH3 is 1. The second kappa shape index (κ2) is 11.4. The van der Waals surface area contributed by atoms with Gasteiger partial charge in [-0.3, -0.25) is 4.57 Å². The lowest BCUT2D eigenvalue weighted by Gasteiger charge is -2.12. The molecule has 0 N–H and O–H groups in total. The third-order valence-electron chi connectivity index (χ3n) is 8.16. The Bertz CT molecular complexity index is 2120. The maximum atomic E-state index is 6.53. The molecule has 0 saturated carbocycles. The van der Waals surface area contributed by atoms with E-state index >= 15 is 0 Å². The molecular formula is C38H34N4O2. The van der Waals surface area contributed by atoms with Crippen LogP contribution in [0, 0.1) is 6.92 Å². The number of ether oxygens (including phenoxy) is 2. The first kappa shape index (κ1) is 27.5. The van der Waals surface area contributed by atoms with Gasteiger partial charge in [0.2, 0.25) is 0 Å². The SMILES string of the molecule is CCc1nn(-c2cccc(Oc3ccc4c5cc(OC)ccc5n(-c5cc(C)ccn5)c4c3)c2)c(CC)c1-c1ccccc1. The highest BCUT2D eigenvalue weighted by Crippen LogP contribution is 2.37. The topological polar surface area (TPSA) is 54.1 Å². The first-order valence-electron chi connectivity index (χ1n) is 15.1. The van der Waals surface area contributed by atoms with E-state index in [1.165, 1.54) is 16.8 Å². The molecule has 0 amide bonds. The van der Waals surface area contributed by atoms with Crippen molar-refractivity contribution < 1.29 is 9.47 Å². The van der Waals surface area contributed by atoms with Gasteiger partial charge in [-0.05, 0) is 85.5 Å². The monoisotopic (exact) mass is 578 g/mol. The number of hydrogen-bond donors (Lipinski definition) is 0. The van der Waals surface area contributed by atoms with Crippen LogP contribution < -0.4 is 9.47 Å². The zero-order chi connectivity index (χ0) is 30.2. The van der Waals surface area contributed by atoms with Crippen molar-refractivity contribution in [1.82, 2.24) is 19.3 Å². The molecule has 4 aromatic carbocycles. The Morgan fingerprint density at radius 1 is 0.705 bits per heavy atom. The van der Waals surface area contributed by atoms with Gasteiger partial charge in [-0.2, -0.15) is 5.10 Å². The van der Waals surface area contributed by atoms with Gasteiger partial charge >= 0.3 is 0 Å². The largest absolute Gasteiger partial charge is 0.497 e. The predicted molar refractivity (Wildman–Crippen MR) is 178 cm³/mol. The fraction of sp³-hybridized carbons (Fsp3) is 0.158. The van der Waals surface area contributed by atoms with Gasteiger partial charge in [-0.25, -0.2) is 9.67 Å². The summed E-state index contributed by atoms with van der Waals surface area (Å²) in [6.07, 6.45) is 3.57. The zero-order valence-corrected chi connectivity index (χ0v) is 25.4. The summed E-state index contributed by atoms with van der Waals surface area (Å²) in [5.41, 5.74) is 8.91. The Hall–Kier alpha value is -5.36. The van der Waals surface area contributed by atoms with Crippen molar-refractivity contribution in [2.75, 3.05) is 7.11 Å². The molecule has 3 aromatic heterocycles. The second-order valence-corrected chi connectivity index (χ2v) is 10.9. The molecule has 0 bridgehead atoms. The van der Waals surface area contributed by atoms with Crippen molar-refractivity contribution in [3.05, 3.63) is 126 Å². The molecule has 0 saturated heterocycles. The van der Waals surface area contributed by atoms with Crippen LogP contribution >= 0.6 is 0 Å². The number of nitrogens with zero attached hydrogens (tertiary/aromatic N) is 4. The minimum atomic E-state index is 0.744. The fourth-order valence-electron chi connectivity index (χ4n) is 6.10. The molecule has 6 nitrogen and oxygen atoms in total. The van der Waals surface area contributed by atoms with Crippen LogP contribution in [0.5, 0.6) is 17.2 Å². The lowest BCUT2D eigenvalue weighted by molar-refractivity contribution is 0.415. The summed E-state index contributed by atoms with van der Waals surface area (Å²) in [6, 6.07) is 35.2. The Morgan fingerprint density at radius 3 is 2.30 bits per heavy atom. The molecule has 6 heteroatoms. The maximum Gasteiger partial charge on any atom is 0.137 e. The zero-order valence-electron chi connectivity index (χ0n) is 25.4. The Balaban J connectivity index is 1.31. The van der Waals surface area contributed by atoms with Crippen molar-refractivity contribution in [3.8, 4) is 39.9 Å². The van der Waals surface area contributed by atoms with Gasteiger partial charge in [0.05, 0.1) is 35.2 Å². The Kier molecular flexibility index (Phi) is 7.10. The van der Waals surface area contributed by atoms with Crippen LogP contribution in [0.1, 0.15) is 30.8 Å². The summed E-state index contributed by atoms with van der Waals surface area (Å²) in [5.74, 6) is 3.17. The quantitative estimate of drug-likeness (QED) is 0.180. The molecule has 0 fully saturated rings. The Labute approximate surface area is 257 Å². The van der Waals surface area contributed by atoms with Crippen LogP contribution in [-0.2, 0) is 12.8 Å². The van der Waals surface area contributed by atoms with Crippen LogP contribution in [0.2, 0.25) is 0 Å². The van der Waals surface area contributed by atoms with E-state index in [2.05, 4.69) is 103 Å². The second-order valence-electron chi connectivity index (χ2n) is 10.9. The lowest BCUT2D eigenvalue weighted by atomic mass is 10.0. The van der Waals surface area contributed by atoms with Gasteiger partial charge in [0.15, 0.2) is 0 Å². The van der Waals surface area contributed by atoms with Gasteiger partial charge in [0, 0.05) is 34.7 Å². The molecule has 0 unspecified atom stereocenters. The number of fused-ring (bicyclic) bond motifs is 3. The van der Waals surface area contributed by atoms with Crippen LogP contribution in [0.25, 0.3) is 44.4 Å². The molecule has 7 rings (SSSR count). The van der Waals surface area contributed by atoms with Crippen molar-refractivity contribution in [3.63, 3.8) is 0 Å². The number of hydrogen-bond acceptors (Lipinski definition) is 4. The summed E-state index contributed by atoms with van der Waals surface area (Å²) in [6.45, 7) is 6.43. The summed E-state index contributed by atoms with van der Waals surface area (Å²) < 4.78 is 16.3. The predicted octanol–water partition coefficient (Wildman–Crippen LogP) is 9.27. The Morgan fingerprint density at radius 2 is 1.52 bits per heavy atom. The third-order valence-corrected chi connectivity index (χ3v) is 8.16. The smallest absolute Gasteiger partial charge is 0.137 e.